The maximum Gasteiger partial charge on any atom is 0.149 e. The molecule has 24 heavy (non-hydrogen) atoms. The molecule has 0 aliphatic carbocycles. The molecule has 0 aliphatic rings. The standard InChI is InChI=1S/C20H12N4/c1-14-18-9-5-6-10-24(18)20(17(13-23)16(11-21)12-22)19(14)15-7-3-2-4-8-15/h2-10H,1H3. The third-order valence-electron chi connectivity index (χ3n) is 3.98. The Morgan fingerprint density at radius 2 is 1.54 bits per heavy atom. The highest BCUT2D eigenvalue weighted by Crippen LogP contribution is 2.37. The fourth-order valence-electron chi connectivity index (χ4n) is 2.94. The molecule has 0 N–H and O–H groups in total. The number of hydrogen-bond donors (Lipinski definition) is 0. The zero-order chi connectivity index (χ0) is 17.1. The molecule has 0 radical (unpaired) electrons. The minimum Gasteiger partial charge on any atom is -0.315 e. The number of aryl methyl sites for hydroxylation is 1. The summed E-state index contributed by atoms with van der Waals surface area (Å²) in [4.78, 5) is 0. The molecule has 1 aromatic carbocycles. The van der Waals surface area contributed by atoms with E-state index >= 15 is 0 Å². The topological polar surface area (TPSA) is 75.8 Å². The molecule has 0 saturated heterocycles. The van der Waals surface area contributed by atoms with Crippen molar-refractivity contribution in [3.8, 4) is 29.3 Å². The summed E-state index contributed by atoms with van der Waals surface area (Å²) >= 11 is 0. The van der Waals surface area contributed by atoms with Crippen LogP contribution in [0.5, 0.6) is 0 Å². The smallest absolute Gasteiger partial charge is 0.149 e. The molecular formula is C20H12N4. The van der Waals surface area contributed by atoms with Crippen molar-refractivity contribution in [1.29, 1.82) is 15.8 Å². The Kier molecular flexibility index (Phi) is 3.86. The summed E-state index contributed by atoms with van der Waals surface area (Å²) in [5, 5.41) is 28.1. The predicted molar refractivity (Wildman–Crippen MR) is 91.3 cm³/mol. The molecule has 3 rings (SSSR count). The lowest BCUT2D eigenvalue weighted by Crippen LogP contribution is -1.95. The van der Waals surface area contributed by atoms with Crippen molar-refractivity contribution in [1.82, 2.24) is 4.40 Å². The molecule has 0 amide bonds. The van der Waals surface area contributed by atoms with Gasteiger partial charge in [-0.25, -0.2) is 0 Å². The summed E-state index contributed by atoms with van der Waals surface area (Å²) in [5.74, 6) is 0. The van der Waals surface area contributed by atoms with Crippen molar-refractivity contribution in [2.24, 2.45) is 0 Å². The van der Waals surface area contributed by atoms with Crippen LogP contribution in [0.1, 0.15) is 11.3 Å². The van der Waals surface area contributed by atoms with Crippen molar-refractivity contribution in [2.45, 2.75) is 6.92 Å². The Morgan fingerprint density at radius 3 is 2.17 bits per heavy atom. The molecule has 0 atom stereocenters. The summed E-state index contributed by atoms with van der Waals surface area (Å²) in [6.07, 6.45) is 1.84. The average Bonchev–Trinajstić information content (AvgIpc) is 2.93. The number of nitrogens with zero attached hydrogens (tertiary/aromatic N) is 4. The van der Waals surface area contributed by atoms with Gasteiger partial charge in [-0.15, -0.1) is 0 Å². The van der Waals surface area contributed by atoms with Crippen LogP contribution in [-0.4, -0.2) is 4.40 Å². The zero-order valence-corrected chi connectivity index (χ0v) is 13.0. The predicted octanol–water partition coefficient (Wildman–Crippen LogP) is 4.24. The van der Waals surface area contributed by atoms with E-state index in [0.717, 1.165) is 22.2 Å². The van der Waals surface area contributed by atoms with Gasteiger partial charge < -0.3 is 4.40 Å². The van der Waals surface area contributed by atoms with Gasteiger partial charge in [-0.05, 0) is 30.2 Å². The highest BCUT2D eigenvalue weighted by Gasteiger charge is 2.22. The lowest BCUT2D eigenvalue weighted by molar-refractivity contribution is 1.16. The largest absolute Gasteiger partial charge is 0.315 e. The molecule has 2 aromatic heterocycles. The average molecular weight is 308 g/mol. The molecule has 0 bridgehead atoms. The van der Waals surface area contributed by atoms with Crippen LogP contribution in [0, 0.1) is 40.9 Å². The molecule has 112 valence electrons. The second-order valence-electron chi connectivity index (χ2n) is 5.26. The van der Waals surface area contributed by atoms with E-state index in [1.165, 1.54) is 0 Å². The van der Waals surface area contributed by atoms with Crippen LogP contribution in [-0.2, 0) is 0 Å². The number of hydrogen-bond acceptors (Lipinski definition) is 3. The van der Waals surface area contributed by atoms with E-state index in [4.69, 9.17) is 0 Å². The quantitative estimate of drug-likeness (QED) is 0.664. The second-order valence-corrected chi connectivity index (χ2v) is 5.26. The van der Waals surface area contributed by atoms with Gasteiger partial charge in [0.25, 0.3) is 0 Å². The van der Waals surface area contributed by atoms with Crippen molar-refractivity contribution < 1.29 is 0 Å². The molecular weight excluding hydrogens is 296 g/mol. The highest BCUT2D eigenvalue weighted by atomic mass is 14.9. The second kappa shape index (κ2) is 6.13. The number of allylic oxidation sites excluding steroid dienone is 2. The van der Waals surface area contributed by atoms with E-state index in [1.54, 1.807) is 0 Å². The Bertz CT molecular complexity index is 1060. The van der Waals surface area contributed by atoms with Crippen LogP contribution < -0.4 is 0 Å². The molecule has 2 heterocycles. The molecule has 0 unspecified atom stereocenters. The van der Waals surface area contributed by atoms with Crippen LogP contribution in [0.15, 0.2) is 60.3 Å². The maximum absolute atomic E-state index is 9.63. The van der Waals surface area contributed by atoms with E-state index in [2.05, 4.69) is 0 Å². The number of benzene rings is 1. The molecule has 0 saturated carbocycles. The number of fused-ring (bicyclic) bond motifs is 1. The molecule has 0 spiro atoms. The molecule has 4 heteroatoms. The number of aromatic nitrogens is 1. The monoisotopic (exact) mass is 308 g/mol. The van der Waals surface area contributed by atoms with Crippen LogP contribution in [0.2, 0.25) is 0 Å². The SMILES string of the molecule is Cc1c(-c2ccccc2)c(C(C#N)=C(C#N)C#N)n2ccccc12. The van der Waals surface area contributed by atoms with E-state index < -0.39 is 0 Å². The Hall–Kier alpha value is -3.81. The first-order chi connectivity index (χ1) is 11.7. The molecule has 0 fully saturated rings. The Morgan fingerprint density at radius 1 is 0.875 bits per heavy atom. The van der Waals surface area contributed by atoms with Gasteiger partial charge in [-0.2, -0.15) is 15.8 Å². The first-order valence-corrected chi connectivity index (χ1v) is 7.33. The van der Waals surface area contributed by atoms with E-state index in [-0.39, 0.29) is 11.1 Å². The van der Waals surface area contributed by atoms with Gasteiger partial charge in [0, 0.05) is 17.3 Å². The van der Waals surface area contributed by atoms with E-state index in [0.29, 0.717) is 5.69 Å². The van der Waals surface area contributed by atoms with Crippen LogP contribution in [0.4, 0.5) is 0 Å². The minimum atomic E-state index is -0.182. The van der Waals surface area contributed by atoms with Gasteiger partial charge in [-0.1, -0.05) is 36.4 Å². The number of rotatable bonds is 2. The van der Waals surface area contributed by atoms with Gasteiger partial charge in [-0.3, -0.25) is 0 Å². The lowest BCUT2D eigenvalue weighted by atomic mass is 9.96. The zero-order valence-electron chi connectivity index (χ0n) is 13.0. The third kappa shape index (κ3) is 2.22. The van der Waals surface area contributed by atoms with E-state index in [1.807, 2.05) is 84.3 Å². The first kappa shape index (κ1) is 15.1. The highest BCUT2D eigenvalue weighted by molar-refractivity contribution is 5.95. The van der Waals surface area contributed by atoms with Gasteiger partial charge >= 0.3 is 0 Å². The molecule has 3 aromatic rings. The van der Waals surface area contributed by atoms with Gasteiger partial charge in [0.05, 0.1) is 5.69 Å². The Balaban J connectivity index is 2.53. The van der Waals surface area contributed by atoms with Crippen LogP contribution in [0.3, 0.4) is 0 Å². The van der Waals surface area contributed by atoms with Gasteiger partial charge in [0.1, 0.15) is 29.4 Å². The summed E-state index contributed by atoms with van der Waals surface area (Å²) in [7, 11) is 0. The van der Waals surface area contributed by atoms with Crippen LogP contribution >= 0.6 is 0 Å². The van der Waals surface area contributed by atoms with Crippen molar-refractivity contribution >= 4 is 11.1 Å². The van der Waals surface area contributed by atoms with Crippen molar-refractivity contribution in [3.05, 3.63) is 71.6 Å². The minimum absolute atomic E-state index is 0.0909. The normalized spacial score (nSPS) is 9.75. The van der Waals surface area contributed by atoms with Crippen molar-refractivity contribution in [3.63, 3.8) is 0 Å². The summed E-state index contributed by atoms with van der Waals surface area (Å²) in [6, 6.07) is 21.1. The van der Waals surface area contributed by atoms with Crippen LogP contribution in [0.25, 0.3) is 22.2 Å². The Labute approximate surface area is 139 Å². The van der Waals surface area contributed by atoms with Gasteiger partial charge in [0.15, 0.2) is 0 Å². The fourth-order valence-corrected chi connectivity index (χ4v) is 2.94. The summed E-state index contributed by atoms with van der Waals surface area (Å²) in [6.45, 7) is 1.98. The number of nitriles is 3. The summed E-state index contributed by atoms with van der Waals surface area (Å²) < 4.78 is 1.87. The van der Waals surface area contributed by atoms with Crippen molar-refractivity contribution in [2.75, 3.05) is 0 Å². The maximum atomic E-state index is 9.63. The lowest BCUT2D eigenvalue weighted by Gasteiger charge is -2.06. The summed E-state index contributed by atoms with van der Waals surface area (Å²) in [5.41, 5.74) is 4.23. The molecule has 4 nitrogen and oxygen atoms in total. The molecule has 0 aliphatic heterocycles. The number of pyridine rings is 1. The van der Waals surface area contributed by atoms with E-state index in [9.17, 15) is 15.8 Å². The fraction of sp³-hybridized carbons (Fsp3) is 0.0500. The third-order valence-corrected chi connectivity index (χ3v) is 3.98. The first-order valence-electron chi connectivity index (χ1n) is 7.33. The van der Waals surface area contributed by atoms with Gasteiger partial charge in [0.2, 0.25) is 0 Å².